The highest BCUT2D eigenvalue weighted by Crippen LogP contribution is 2.41. The van der Waals surface area contributed by atoms with E-state index in [0.29, 0.717) is 0 Å². The molecule has 0 aliphatic heterocycles. The predicted molar refractivity (Wildman–Crippen MR) is 54.1 cm³/mol. The third-order valence-corrected chi connectivity index (χ3v) is 2.70. The highest BCUT2D eigenvalue weighted by atomic mass is 19.2. The van der Waals surface area contributed by atoms with Crippen molar-refractivity contribution in [2.45, 2.75) is 12.5 Å². The number of fused-ring (bicyclic) bond motifs is 1. The molecule has 1 aliphatic carbocycles. The minimum absolute atomic E-state index is 0.0225. The van der Waals surface area contributed by atoms with Gasteiger partial charge in [0.15, 0.2) is 11.6 Å². The molecule has 0 spiro atoms. The molecule has 0 radical (unpaired) electrons. The summed E-state index contributed by atoms with van der Waals surface area (Å²) in [6, 6.07) is 5.17. The summed E-state index contributed by atoms with van der Waals surface area (Å²) < 4.78 is 26.1. The lowest BCUT2D eigenvalue weighted by Gasteiger charge is -2.03. The van der Waals surface area contributed by atoms with Crippen molar-refractivity contribution in [1.29, 1.82) is 10.5 Å². The van der Waals surface area contributed by atoms with Crippen LogP contribution in [0.4, 0.5) is 8.78 Å². The Morgan fingerprint density at radius 2 is 1.82 bits per heavy atom. The van der Waals surface area contributed by atoms with E-state index in [1.54, 1.807) is 12.1 Å². The molecule has 0 heterocycles. The Morgan fingerprint density at radius 3 is 2.41 bits per heavy atom. The Kier molecular flexibility index (Phi) is 2.63. The average Bonchev–Trinajstić information content (AvgIpc) is 2.60. The third-order valence-electron chi connectivity index (χ3n) is 2.70. The molecule has 1 atom stereocenters. The topological polar surface area (TPSA) is 67.8 Å². The standard InChI is InChI=1S/C12H6F2N2O/c13-10-1-8-7(6(4-15)5-16)3-12(17)9(8)2-11(10)14/h1-2,12,17H,3H2. The Morgan fingerprint density at radius 1 is 1.24 bits per heavy atom. The molecule has 0 fully saturated rings. The van der Waals surface area contributed by atoms with Crippen LogP contribution in [0.2, 0.25) is 0 Å². The number of rotatable bonds is 0. The molecule has 84 valence electrons. The summed E-state index contributed by atoms with van der Waals surface area (Å²) in [4.78, 5) is 0. The number of aliphatic hydroxyl groups is 1. The van der Waals surface area contributed by atoms with Crippen LogP contribution >= 0.6 is 0 Å². The average molecular weight is 232 g/mol. The van der Waals surface area contributed by atoms with Gasteiger partial charge in [-0.3, -0.25) is 0 Å². The number of allylic oxidation sites excluding steroid dienone is 1. The fourth-order valence-electron chi connectivity index (χ4n) is 1.91. The molecule has 0 aromatic heterocycles. The van der Waals surface area contributed by atoms with Crippen LogP contribution in [-0.4, -0.2) is 5.11 Å². The summed E-state index contributed by atoms with van der Waals surface area (Å²) in [5, 5.41) is 27.1. The van der Waals surface area contributed by atoms with Crippen LogP contribution < -0.4 is 0 Å². The monoisotopic (exact) mass is 232 g/mol. The fourth-order valence-corrected chi connectivity index (χ4v) is 1.91. The van der Waals surface area contributed by atoms with Gasteiger partial charge < -0.3 is 5.11 Å². The van der Waals surface area contributed by atoms with Gasteiger partial charge in [-0.2, -0.15) is 10.5 Å². The lowest BCUT2D eigenvalue weighted by Crippen LogP contribution is -1.93. The molecular formula is C12H6F2N2O. The van der Waals surface area contributed by atoms with Gasteiger partial charge >= 0.3 is 0 Å². The first-order valence-electron chi connectivity index (χ1n) is 4.79. The Hall–Kier alpha value is -2.24. The third kappa shape index (κ3) is 1.67. The van der Waals surface area contributed by atoms with Crippen LogP contribution in [0.5, 0.6) is 0 Å². The van der Waals surface area contributed by atoms with E-state index < -0.39 is 17.7 Å². The molecule has 1 unspecified atom stereocenters. The highest BCUT2D eigenvalue weighted by Gasteiger charge is 2.29. The molecule has 1 N–H and O–H groups in total. The van der Waals surface area contributed by atoms with Crippen LogP contribution in [-0.2, 0) is 0 Å². The van der Waals surface area contributed by atoms with Crippen LogP contribution in [0.25, 0.3) is 5.57 Å². The van der Waals surface area contributed by atoms with E-state index in [0.717, 1.165) is 12.1 Å². The van der Waals surface area contributed by atoms with Crippen LogP contribution in [0.1, 0.15) is 23.7 Å². The van der Waals surface area contributed by atoms with Gasteiger partial charge in [0, 0.05) is 6.42 Å². The molecule has 1 aromatic rings. The van der Waals surface area contributed by atoms with E-state index in [9.17, 15) is 13.9 Å². The molecule has 1 aromatic carbocycles. The summed E-state index contributed by atoms with van der Waals surface area (Å²) in [7, 11) is 0. The van der Waals surface area contributed by atoms with E-state index >= 15 is 0 Å². The number of hydrogen-bond donors (Lipinski definition) is 1. The first-order valence-corrected chi connectivity index (χ1v) is 4.79. The SMILES string of the molecule is N#CC(C#N)=C1CC(O)c2cc(F)c(F)cc21. The van der Waals surface area contributed by atoms with Crippen LogP contribution in [0.3, 0.4) is 0 Å². The number of benzene rings is 1. The summed E-state index contributed by atoms with van der Waals surface area (Å²) in [6.45, 7) is 0. The zero-order valence-electron chi connectivity index (χ0n) is 8.54. The van der Waals surface area contributed by atoms with Crippen molar-refractivity contribution in [3.63, 3.8) is 0 Å². The lowest BCUT2D eigenvalue weighted by atomic mass is 10.0. The van der Waals surface area contributed by atoms with E-state index in [1.165, 1.54) is 0 Å². The first kappa shape index (κ1) is 11.3. The van der Waals surface area contributed by atoms with Crippen LogP contribution in [0.15, 0.2) is 17.7 Å². The molecule has 1 aliphatic rings. The minimum atomic E-state index is -1.06. The van der Waals surface area contributed by atoms with E-state index in [-0.39, 0.29) is 28.7 Å². The zero-order chi connectivity index (χ0) is 12.6. The minimum Gasteiger partial charge on any atom is -0.388 e. The van der Waals surface area contributed by atoms with Gasteiger partial charge in [-0.1, -0.05) is 0 Å². The molecule has 3 nitrogen and oxygen atoms in total. The van der Waals surface area contributed by atoms with Gasteiger partial charge in [-0.25, -0.2) is 8.78 Å². The second-order valence-electron chi connectivity index (χ2n) is 3.65. The first-order chi connectivity index (χ1) is 8.08. The Bertz CT molecular complexity index is 592. The molecule has 0 bridgehead atoms. The second-order valence-corrected chi connectivity index (χ2v) is 3.65. The van der Waals surface area contributed by atoms with Gasteiger partial charge in [-0.15, -0.1) is 0 Å². The van der Waals surface area contributed by atoms with E-state index in [2.05, 4.69) is 0 Å². The van der Waals surface area contributed by atoms with Crippen molar-refractivity contribution in [2.75, 3.05) is 0 Å². The normalized spacial score (nSPS) is 17.2. The summed E-state index contributed by atoms with van der Waals surface area (Å²) in [5.41, 5.74) is 0.515. The molecule has 17 heavy (non-hydrogen) atoms. The number of aliphatic hydroxyl groups excluding tert-OH is 1. The highest BCUT2D eigenvalue weighted by molar-refractivity contribution is 5.80. The molecule has 5 heteroatoms. The maximum Gasteiger partial charge on any atom is 0.159 e. The van der Waals surface area contributed by atoms with E-state index in [4.69, 9.17) is 10.5 Å². The van der Waals surface area contributed by atoms with Crippen molar-refractivity contribution in [3.8, 4) is 12.1 Å². The lowest BCUT2D eigenvalue weighted by molar-refractivity contribution is 0.189. The van der Waals surface area contributed by atoms with Gasteiger partial charge in [0.1, 0.15) is 17.7 Å². The molecule has 0 saturated heterocycles. The maximum absolute atomic E-state index is 13.1. The second kappa shape index (κ2) is 3.97. The van der Waals surface area contributed by atoms with Crippen molar-refractivity contribution in [1.82, 2.24) is 0 Å². The predicted octanol–water partition coefficient (Wildman–Crippen LogP) is 2.20. The smallest absolute Gasteiger partial charge is 0.159 e. The quantitative estimate of drug-likeness (QED) is 0.697. The zero-order valence-corrected chi connectivity index (χ0v) is 8.54. The van der Waals surface area contributed by atoms with E-state index in [1.807, 2.05) is 0 Å². The number of nitrogens with zero attached hydrogens (tertiary/aromatic N) is 2. The van der Waals surface area contributed by atoms with Crippen LogP contribution in [0, 0.1) is 34.3 Å². The Balaban J connectivity index is 2.72. The van der Waals surface area contributed by atoms with Crippen molar-refractivity contribution < 1.29 is 13.9 Å². The number of hydrogen-bond acceptors (Lipinski definition) is 3. The summed E-state index contributed by atoms with van der Waals surface area (Å²) in [6.07, 6.45) is -0.985. The van der Waals surface area contributed by atoms with Crippen molar-refractivity contribution in [2.24, 2.45) is 0 Å². The van der Waals surface area contributed by atoms with Gasteiger partial charge in [0.25, 0.3) is 0 Å². The largest absolute Gasteiger partial charge is 0.388 e. The fraction of sp³-hybridized carbons (Fsp3) is 0.167. The van der Waals surface area contributed by atoms with Gasteiger partial charge in [0.2, 0.25) is 0 Å². The molecule has 0 saturated carbocycles. The number of nitriles is 2. The molecule has 2 rings (SSSR count). The summed E-state index contributed by atoms with van der Waals surface area (Å²) in [5.74, 6) is -2.12. The maximum atomic E-state index is 13.1. The summed E-state index contributed by atoms with van der Waals surface area (Å²) >= 11 is 0. The van der Waals surface area contributed by atoms with Crippen molar-refractivity contribution >= 4 is 5.57 Å². The molecule has 0 amide bonds. The Labute approximate surface area is 95.8 Å². The van der Waals surface area contributed by atoms with Gasteiger partial charge in [-0.05, 0) is 28.8 Å². The number of halogens is 2. The molecular weight excluding hydrogens is 226 g/mol. The van der Waals surface area contributed by atoms with Gasteiger partial charge in [0.05, 0.1) is 6.10 Å². The van der Waals surface area contributed by atoms with Crippen molar-refractivity contribution in [3.05, 3.63) is 40.5 Å².